The Balaban J connectivity index is 1.72. The lowest BCUT2D eigenvalue weighted by atomic mass is 10.2. The number of nitrogens with zero attached hydrogens (tertiary/aromatic N) is 2. The van der Waals surface area contributed by atoms with E-state index < -0.39 is 0 Å². The predicted octanol–water partition coefficient (Wildman–Crippen LogP) is 4.96. The zero-order valence-corrected chi connectivity index (χ0v) is 17.0. The summed E-state index contributed by atoms with van der Waals surface area (Å²) >= 11 is 3.44. The fourth-order valence-corrected chi connectivity index (χ4v) is 3.04. The van der Waals surface area contributed by atoms with E-state index in [9.17, 15) is 4.79 Å². The smallest absolute Gasteiger partial charge is 0.323 e. The lowest BCUT2D eigenvalue weighted by Gasteiger charge is -2.10. The first-order chi connectivity index (χ1) is 13.0. The third kappa shape index (κ3) is 4.68. The molecular weight excluding hydrogens is 408 g/mol. The van der Waals surface area contributed by atoms with Crippen LogP contribution in [0.5, 0.6) is 5.75 Å². The zero-order chi connectivity index (χ0) is 19.4. The molecule has 3 rings (SSSR count). The number of hydrogen-bond donors (Lipinski definition) is 2. The topological polar surface area (TPSA) is 68.2 Å². The highest BCUT2D eigenvalue weighted by atomic mass is 79.9. The van der Waals surface area contributed by atoms with E-state index in [2.05, 4.69) is 31.7 Å². The minimum atomic E-state index is -0.322. The van der Waals surface area contributed by atoms with Gasteiger partial charge in [-0.2, -0.15) is 5.10 Å². The Morgan fingerprint density at radius 1 is 1.15 bits per heavy atom. The van der Waals surface area contributed by atoms with Crippen LogP contribution in [0.15, 0.2) is 53.0 Å². The van der Waals surface area contributed by atoms with Gasteiger partial charge in [-0.1, -0.05) is 34.1 Å². The highest BCUT2D eigenvalue weighted by Gasteiger charge is 2.14. The van der Waals surface area contributed by atoms with Crippen molar-refractivity contribution in [1.29, 1.82) is 0 Å². The summed E-state index contributed by atoms with van der Waals surface area (Å²) in [5.41, 5.74) is 4.18. The van der Waals surface area contributed by atoms with Gasteiger partial charge in [0.1, 0.15) is 5.75 Å². The van der Waals surface area contributed by atoms with Crippen molar-refractivity contribution in [2.45, 2.75) is 20.4 Å². The third-order valence-electron chi connectivity index (χ3n) is 4.19. The Morgan fingerprint density at radius 2 is 1.89 bits per heavy atom. The lowest BCUT2D eigenvalue weighted by molar-refractivity contribution is 0.262. The number of carbonyl (C=O) groups is 1. The van der Waals surface area contributed by atoms with Gasteiger partial charge in [0.05, 0.1) is 30.7 Å². The van der Waals surface area contributed by atoms with E-state index in [1.54, 1.807) is 19.2 Å². The van der Waals surface area contributed by atoms with Crippen LogP contribution in [0.3, 0.4) is 0 Å². The van der Waals surface area contributed by atoms with Crippen molar-refractivity contribution < 1.29 is 9.53 Å². The number of halogens is 1. The monoisotopic (exact) mass is 428 g/mol. The second-order valence-electron chi connectivity index (χ2n) is 6.14. The van der Waals surface area contributed by atoms with E-state index >= 15 is 0 Å². The van der Waals surface area contributed by atoms with Crippen LogP contribution in [0.1, 0.15) is 17.0 Å². The van der Waals surface area contributed by atoms with Gasteiger partial charge >= 0.3 is 6.03 Å². The Labute approximate surface area is 166 Å². The number of nitrogens with one attached hydrogen (secondary N) is 2. The molecule has 3 aromatic rings. The minimum absolute atomic E-state index is 0.322. The second-order valence-corrected chi connectivity index (χ2v) is 7.06. The average molecular weight is 429 g/mol. The quantitative estimate of drug-likeness (QED) is 0.602. The van der Waals surface area contributed by atoms with Gasteiger partial charge in [0.15, 0.2) is 0 Å². The number of hydrogen-bond acceptors (Lipinski definition) is 3. The lowest BCUT2D eigenvalue weighted by Crippen LogP contribution is -2.20. The van der Waals surface area contributed by atoms with Crippen molar-refractivity contribution in [2.24, 2.45) is 0 Å². The van der Waals surface area contributed by atoms with Gasteiger partial charge < -0.3 is 15.4 Å². The molecule has 0 bridgehead atoms. The number of anilines is 2. The standard InChI is InChI=1S/C20H21BrN4O2/c1-13-19(23-20(26)22-17-5-4-6-18(11-17)27-3)14(2)25(24-13)12-15-7-9-16(21)10-8-15/h4-11H,12H2,1-3H3,(H2,22,23,26). The van der Waals surface area contributed by atoms with E-state index in [1.165, 1.54) is 0 Å². The summed E-state index contributed by atoms with van der Waals surface area (Å²) in [6, 6.07) is 15.0. The molecule has 2 amide bonds. The van der Waals surface area contributed by atoms with E-state index in [0.29, 0.717) is 23.7 Å². The molecular formula is C20H21BrN4O2. The summed E-state index contributed by atoms with van der Waals surface area (Å²) in [6.07, 6.45) is 0. The van der Waals surface area contributed by atoms with Crippen LogP contribution in [0.4, 0.5) is 16.2 Å². The fraction of sp³-hybridized carbons (Fsp3) is 0.200. The molecule has 0 aliphatic rings. The van der Waals surface area contributed by atoms with Gasteiger partial charge in [0, 0.05) is 16.2 Å². The SMILES string of the molecule is COc1cccc(NC(=O)Nc2c(C)nn(Cc3ccc(Br)cc3)c2C)c1. The van der Waals surface area contributed by atoms with Crippen LogP contribution in [0.25, 0.3) is 0 Å². The summed E-state index contributed by atoms with van der Waals surface area (Å²) in [5.74, 6) is 0.683. The van der Waals surface area contributed by atoms with Gasteiger partial charge in [-0.05, 0) is 43.7 Å². The van der Waals surface area contributed by atoms with Crippen molar-refractivity contribution in [1.82, 2.24) is 9.78 Å². The molecule has 1 heterocycles. The van der Waals surface area contributed by atoms with E-state index in [1.807, 2.05) is 54.9 Å². The van der Waals surface area contributed by atoms with Crippen LogP contribution in [-0.4, -0.2) is 22.9 Å². The van der Waals surface area contributed by atoms with E-state index in [0.717, 1.165) is 21.4 Å². The number of rotatable bonds is 5. The van der Waals surface area contributed by atoms with Crippen LogP contribution in [-0.2, 0) is 6.54 Å². The maximum Gasteiger partial charge on any atom is 0.323 e. The molecule has 1 aromatic heterocycles. The molecule has 0 saturated heterocycles. The molecule has 6 nitrogen and oxygen atoms in total. The first-order valence-corrected chi connectivity index (χ1v) is 9.26. The van der Waals surface area contributed by atoms with E-state index in [-0.39, 0.29) is 6.03 Å². The van der Waals surface area contributed by atoms with Gasteiger partial charge in [0.2, 0.25) is 0 Å². The first-order valence-electron chi connectivity index (χ1n) is 8.47. The van der Waals surface area contributed by atoms with Gasteiger partial charge in [-0.3, -0.25) is 4.68 Å². The number of benzene rings is 2. The summed E-state index contributed by atoms with van der Waals surface area (Å²) < 4.78 is 8.10. The largest absolute Gasteiger partial charge is 0.497 e. The molecule has 0 saturated carbocycles. The molecule has 0 fully saturated rings. The highest BCUT2D eigenvalue weighted by molar-refractivity contribution is 9.10. The highest BCUT2D eigenvalue weighted by Crippen LogP contribution is 2.22. The maximum atomic E-state index is 12.4. The molecule has 2 N–H and O–H groups in total. The molecule has 7 heteroatoms. The molecule has 0 spiro atoms. The predicted molar refractivity (Wildman–Crippen MR) is 111 cm³/mol. The Hall–Kier alpha value is -2.80. The zero-order valence-electron chi connectivity index (χ0n) is 15.4. The Kier molecular flexibility index (Phi) is 5.81. The Morgan fingerprint density at radius 3 is 2.59 bits per heavy atom. The molecule has 0 atom stereocenters. The Bertz CT molecular complexity index is 951. The van der Waals surface area contributed by atoms with Crippen LogP contribution in [0.2, 0.25) is 0 Å². The van der Waals surface area contributed by atoms with Crippen molar-refractivity contribution in [3.8, 4) is 5.75 Å². The number of carbonyl (C=O) groups excluding carboxylic acids is 1. The third-order valence-corrected chi connectivity index (χ3v) is 4.72. The molecule has 2 aromatic carbocycles. The molecule has 0 aliphatic carbocycles. The number of methoxy groups -OCH3 is 1. The average Bonchev–Trinajstić information content (AvgIpc) is 2.91. The van der Waals surface area contributed by atoms with E-state index in [4.69, 9.17) is 4.74 Å². The summed E-state index contributed by atoms with van der Waals surface area (Å²) in [5, 5.41) is 10.3. The second kappa shape index (κ2) is 8.26. The fourth-order valence-electron chi connectivity index (χ4n) is 2.77. The van der Waals surface area contributed by atoms with Crippen molar-refractivity contribution >= 4 is 33.3 Å². The summed E-state index contributed by atoms with van der Waals surface area (Å²) in [7, 11) is 1.59. The van der Waals surface area contributed by atoms with Crippen LogP contribution >= 0.6 is 15.9 Å². The number of aryl methyl sites for hydroxylation is 1. The van der Waals surface area contributed by atoms with Gasteiger partial charge in [0.25, 0.3) is 0 Å². The summed E-state index contributed by atoms with van der Waals surface area (Å²) in [4.78, 5) is 12.4. The molecule has 0 radical (unpaired) electrons. The molecule has 0 unspecified atom stereocenters. The van der Waals surface area contributed by atoms with Crippen molar-refractivity contribution in [3.63, 3.8) is 0 Å². The summed E-state index contributed by atoms with van der Waals surface area (Å²) in [6.45, 7) is 4.46. The van der Waals surface area contributed by atoms with Crippen LogP contribution in [0, 0.1) is 13.8 Å². The van der Waals surface area contributed by atoms with Crippen LogP contribution < -0.4 is 15.4 Å². The van der Waals surface area contributed by atoms with Gasteiger partial charge in [-0.25, -0.2) is 4.79 Å². The molecule has 27 heavy (non-hydrogen) atoms. The van der Waals surface area contributed by atoms with Crippen molar-refractivity contribution in [3.05, 3.63) is 70.0 Å². The molecule has 0 aliphatic heterocycles. The van der Waals surface area contributed by atoms with Gasteiger partial charge in [-0.15, -0.1) is 0 Å². The normalized spacial score (nSPS) is 10.5. The van der Waals surface area contributed by atoms with Crippen molar-refractivity contribution in [2.75, 3.05) is 17.7 Å². The first kappa shape index (κ1) is 19.0. The number of urea groups is 1. The number of ether oxygens (including phenoxy) is 1. The minimum Gasteiger partial charge on any atom is -0.497 e. The number of amides is 2. The molecule has 140 valence electrons. The maximum absolute atomic E-state index is 12.4. The number of aromatic nitrogens is 2.